The molecular weight excluding hydrogens is 606 g/mol. The Morgan fingerprint density at radius 2 is 0.816 bits per heavy atom. The van der Waals surface area contributed by atoms with Gasteiger partial charge in [0, 0.05) is 20.0 Å². The highest BCUT2D eigenvalue weighted by molar-refractivity contribution is 6.01. The van der Waals surface area contributed by atoms with Crippen LogP contribution in [0.3, 0.4) is 0 Å². The number of rotatable bonds is 7. The number of benzene rings is 6. The lowest BCUT2D eigenvalue weighted by Gasteiger charge is -2.50. The summed E-state index contributed by atoms with van der Waals surface area (Å²) in [7, 11) is 8.77. The van der Waals surface area contributed by atoms with Crippen molar-refractivity contribution in [3.8, 4) is 50.6 Å². The van der Waals surface area contributed by atoms with E-state index in [-0.39, 0.29) is 11.8 Å². The largest absolute Gasteiger partial charge is 0.497 e. The first kappa shape index (κ1) is 30.5. The Hall–Kier alpha value is -5.81. The maximum absolute atomic E-state index is 15.3. The highest BCUT2D eigenvalue weighted by Gasteiger charge is 2.57. The SMILES string of the molecule is COc1cccc(-c2ccc3c(c2)C2(C(=O)N(C)C)c4cc(-c5cccc(OC)c5)ccc4C3c3ccc(-c4cccc(OC)c4)cc32)c1. The van der Waals surface area contributed by atoms with Crippen molar-refractivity contribution in [3.05, 3.63) is 161 Å². The van der Waals surface area contributed by atoms with Crippen LogP contribution in [0.5, 0.6) is 17.2 Å². The smallest absolute Gasteiger partial charge is 0.241 e. The van der Waals surface area contributed by atoms with Gasteiger partial charge in [0.2, 0.25) is 5.91 Å². The van der Waals surface area contributed by atoms with Crippen LogP contribution in [0.2, 0.25) is 0 Å². The molecule has 9 rings (SSSR count). The predicted molar refractivity (Wildman–Crippen MR) is 195 cm³/mol. The molecule has 1 amide bonds. The summed E-state index contributed by atoms with van der Waals surface area (Å²) in [6, 6.07) is 44.2. The van der Waals surface area contributed by atoms with Crippen LogP contribution in [0.25, 0.3) is 33.4 Å². The van der Waals surface area contributed by atoms with Crippen molar-refractivity contribution in [2.75, 3.05) is 35.4 Å². The van der Waals surface area contributed by atoms with E-state index in [2.05, 4.69) is 72.8 Å². The van der Waals surface area contributed by atoms with Gasteiger partial charge in [0.05, 0.1) is 21.3 Å². The second-order valence-corrected chi connectivity index (χ2v) is 13.0. The third-order valence-electron chi connectivity index (χ3n) is 10.2. The Kier molecular flexibility index (Phi) is 7.29. The van der Waals surface area contributed by atoms with Crippen molar-refractivity contribution in [2.45, 2.75) is 11.3 Å². The zero-order valence-corrected chi connectivity index (χ0v) is 28.3. The molecule has 0 unspecified atom stereocenters. The number of amides is 1. The van der Waals surface area contributed by atoms with Gasteiger partial charge >= 0.3 is 0 Å². The van der Waals surface area contributed by atoms with Crippen molar-refractivity contribution in [2.24, 2.45) is 0 Å². The fourth-order valence-electron chi connectivity index (χ4n) is 7.96. The third kappa shape index (κ3) is 4.64. The molecule has 0 saturated carbocycles. The van der Waals surface area contributed by atoms with Crippen LogP contribution < -0.4 is 14.2 Å². The molecule has 5 nitrogen and oxygen atoms in total. The van der Waals surface area contributed by atoms with E-state index in [4.69, 9.17) is 14.2 Å². The molecule has 49 heavy (non-hydrogen) atoms. The van der Waals surface area contributed by atoms with Gasteiger partial charge in [-0.2, -0.15) is 0 Å². The van der Waals surface area contributed by atoms with Gasteiger partial charge in [-0.15, -0.1) is 0 Å². The first-order valence-electron chi connectivity index (χ1n) is 16.5. The second kappa shape index (κ2) is 11.7. The standard InChI is InChI=1S/C44H37NO4/c1-45(2)43(46)44-39-24-30(27-9-6-12-33(21-27)47-3)15-18-36(39)42(37-19-16-31(25-40(37)44)28-10-7-13-34(22-28)48-4)38-20-17-32(26-41(38)44)29-11-8-14-35(23-29)49-5/h6-26,42H,1-5H3. The van der Waals surface area contributed by atoms with Crippen LogP contribution in [0.1, 0.15) is 39.3 Å². The number of likely N-dealkylation sites (N-methyl/N-ethyl adjacent to an activating group) is 1. The number of nitrogens with zero attached hydrogens (tertiary/aromatic N) is 1. The van der Waals surface area contributed by atoms with Gasteiger partial charge in [-0.3, -0.25) is 4.79 Å². The Morgan fingerprint density at radius 1 is 0.490 bits per heavy atom. The average Bonchev–Trinajstić information content (AvgIpc) is 3.16. The lowest BCUT2D eigenvalue weighted by atomic mass is 9.52. The van der Waals surface area contributed by atoms with Gasteiger partial charge in [0.1, 0.15) is 22.7 Å². The fourth-order valence-corrected chi connectivity index (χ4v) is 7.96. The Labute approximate surface area is 287 Å². The third-order valence-corrected chi connectivity index (χ3v) is 10.2. The molecule has 0 aromatic heterocycles. The fraction of sp³-hybridized carbons (Fsp3) is 0.159. The van der Waals surface area contributed by atoms with E-state index in [1.807, 2.05) is 68.7 Å². The van der Waals surface area contributed by atoms with E-state index >= 15 is 4.79 Å². The number of ether oxygens (including phenoxy) is 3. The van der Waals surface area contributed by atoms with Crippen LogP contribution in [0.15, 0.2) is 127 Å². The summed E-state index contributed by atoms with van der Waals surface area (Å²) in [5.41, 5.74) is 11.6. The van der Waals surface area contributed by atoms with Gasteiger partial charge in [-0.1, -0.05) is 72.8 Å². The van der Waals surface area contributed by atoms with Gasteiger partial charge < -0.3 is 19.1 Å². The first-order valence-corrected chi connectivity index (χ1v) is 16.5. The number of carbonyl (C=O) groups excluding carboxylic acids is 1. The number of carbonyl (C=O) groups is 1. The van der Waals surface area contributed by atoms with Crippen LogP contribution in [-0.4, -0.2) is 46.2 Å². The summed E-state index contributed by atoms with van der Waals surface area (Å²) in [5, 5.41) is 0. The minimum atomic E-state index is -1.10. The van der Waals surface area contributed by atoms with E-state index in [0.29, 0.717) is 0 Å². The van der Waals surface area contributed by atoms with Gasteiger partial charge in [-0.05, 0) is 121 Å². The summed E-state index contributed by atoms with van der Waals surface area (Å²) in [6.45, 7) is 0. The van der Waals surface area contributed by atoms with E-state index in [9.17, 15) is 0 Å². The molecule has 0 fully saturated rings. The zero-order chi connectivity index (χ0) is 33.9. The molecule has 0 aliphatic heterocycles. The minimum Gasteiger partial charge on any atom is -0.497 e. The molecule has 6 aromatic rings. The maximum Gasteiger partial charge on any atom is 0.241 e. The zero-order valence-electron chi connectivity index (χ0n) is 28.3. The molecule has 0 atom stereocenters. The van der Waals surface area contributed by atoms with E-state index in [0.717, 1.165) is 84.0 Å². The molecule has 0 spiro atoms. The van der Waals surface area contributed by atoms with Gasteiger partial charge in [0.25, 0.3) is 0 Å². The molecular formula is C44H37NO4. The number of hydrogen-bond donors (Lipinski definition) is 0. The van der Waals surface area contributed by atoms with Crippen LogP contribution >= 0.6 is 0 Å². The highest BCUT2D eigenvalue weighted by atomic mass is 16.5. The van der Waals surface area contributed by atoms with Crippen LogP contribution in [0.4, 0.5) is 0 Å². The first-order chi connectivity index (χ1) is 23.9. The molecule has 242 valence electrons. The summed E-state index contributed by atoms with van der Waals surface area (Å²) in [6.07, 6.45) is 0. The average molecular weight is 644 g/mol. The predicted octanol–water partition coefficient (Wildman–Crippen LogP) is 8.94. The van der Waals surface area contributed by atoms with E-state index in [1.165, 1.54) is 0 Å². The highest BCUT2D eigenvalue weighted by Crippen LogP contribution is 2.61. The van der Waals surface area contributed by atoms with Crippen molar-refractivity contribution in [1.29, 1.82) is 0 Å². The normalized spacial score (nSPS) is 16.6. The molecule has 2 bridgehead atoms. The summed E-state index contributed by atoms with van der Waals surface area (Å²) in [4.78, 5) is 17.0. The lowest BCUT2D eigenvalue weighted by molar-refractivity contribution is -0.132. The minimum absolute atomic E-state index is 0.0165. The molecule has 0 N–H and O–H groups in total. The van der Waals surface area contributed by atoms with Crippen LogP contribution in [0, 0.1) is 0 Å². The lowest BCUT2D eigenvalue weighted by Crippen LogP contribution is -2.52. The molecule has 3 aliphatic carbocycles. The van der Waals surface area contributed by atoms with E-state index in [1.54, 1.807) is 26.2 Å². The quantitative estimate of drug-likeness (QED) is 0.174. The summed E-state index contributed by atoms with van der Waals surface area (Å²) >= 11 is 0. The Morgan fingerprint density at radius 3 is 1.12 bits per heavy atom. The van der Waals surface area contributed by atoms with Crippen LogP contribution in [-0.2, 0) is 10.2 Å². The molecule has 6 aromatic carbocycles. The number of methoxy groups -OCH3 is 3. The van der Waals surface area contributed by atoms with Gasteiger partial charge in [-0.25, -0.2) is 0 Å². The monoisotopic (exact) mass is 643 g/mol. The van der Waals surface area contributed by atoms with Crippen molar-refractivity contribution in [3.63, 3.8) is 0 Å². The maximum atomic E-state index is 15.3. The van der Waals surface area contributed by atoms with Gasteiger partial charge in [0.15, 0.2) is 0 Å². The summed E-state index contributed by atoms with van der Waals surface area (Å²) < 4.78 is 16.8. The Balaban J connectivity index is 1.45. The molecule has 3 aliphatic rings. The molecule has 5 heteroatoms. The molecule has 0 radical (unpaired) electrons. The van der Waals surface area contributed by atoms with Crippen molar-refractivity contribution >= 4 is 5.91 Å². The molecule has 0 saturated heterocycles. The van der Waals surface area contributed by atoms with Crippen molar-refractivity contribution < 1.29 is 19.0 Å². The molecule has 0 heterocycles. The van der Waals surface area contributed by atoms with E-state index < -0.39 is 5.41 Å². The number of hydrogen-bond acceptors (Lipinski definition) is 4. The second-order valence-electron chi connectivity index (χ2n) is 13.0. The Bertz CT molecular complexity index is 2030. The summed E-state index contributed by atoms with van der Waals surface area (Å²) in [5.74, 6) is 2.35. The van der Waals surface area contributed by atoms with Crippen molar-refractivity contribution in [1.82, 2.24) is 4.90 Å². The topological polar surface area (TPSA) is 48.0 Å².